The van der Waals surface area contributed by atoms with Gasteiger partial charge in [-0.1, -0.05) is 48.0 Å². The Kier molecular flexibility index (Phi) is 8.63. The van der Waals surface area contributed by atoms with Gasteiger partial charge in [-0.15, -0.1) is 11.3 Å². The summed E-state index contributed by atoms with van der Waals surface area (Å²) in [5.41, 5.74) is 1.91. The lowest BCUT2D eigenvalue weighted by Crippen LogP contribution is -2.39. The van der Waals surface area contributed by atoms with Crippen molar-refractivity contribution in [2.45, 2.75) is 50.2 Å². The highest BCUT2D eigenvalue weighted by Crippen LogP contribution is 2.33. The summed E-state index contributed by atoms with van der Waals surface area (Å²) in [6, 6.07) is 13.2. The van der Waals surface area contributed by atoms with Crippen molar-refractivity contribution < 1.29 is 22.7 Å². The third kappa shape index (κ3) is 6.56. The number of piperidine rings is 1. The number of amides is 1. The molecule has 0 spiro atoms. The van der Waals surface area contributed by atoms with E-state index < -0.39 is 27.9 Å². The molecule has 196 valence electrons. The molecule has 1 unspecified atom stereocenters. The van der Waals surface area contributed by atoms with Crippen LogP contribution in [0.2, 0.25) is 5.02 Å². The van der Waals surface area contributed by atoms with Crippen LogP contribution in [0.1, 0.15) is 52.3 Å². The Bertz CT molecular complexity index is 1370. The molecule has 0 radical (unpaired) electrons. The number of halogens is 1. The van der Waals surface area contributed by atoms with Gasteiger partial charge in [0.25, 0.3) is 5.91 Å². The number of sulfonamides is 1. The maximum absolute atomic E-state index is 13.0. The molecule has 8 nitrogen and oxygen atoms in total. The highest BCUT2D eigenvalue weighted by molar-refractivity contribution is 7.89. The minimum Gasteiger partial charge on any atom is -0.459 e. The molecule has 0 bridgehead atoms. The van der Waals surface area contributed by atoms with E-state index >= 15 is 0 Å². The molecule has 4 rings (SSSR count). The van der Waals surface area contributed by atoms with Crippen molar-refractivity contribution in [2.75, 3.05) is 13.1 Å². The Morgan fingerprint density at radius 3 is 2.57 bits per heavy atom. The van der Waals surface area contributed by atoms with Crippen LogP contribution >= 0.6 is 22.9 Å². The lowest BCUT2D eigenvalue weighted by atomic mass is 9.99. The van der Waals surface area contributed by atoms with Crippen LogP contribution in [-0.2, 0) is 26.2 Å². The van der Waals surface area contributed by atoms with Crippen LogP contribution in [0.25, 0.3) is 0 Å². The largest absolute Gasteiger partial charge is 0.459 e. The fraction of sp³-hybridized carbons (Fsp3) is 0.346. The maximum Gasteiger partial charge on any atom is 0.328 e. The Hall–Kier alpha value is -2.79. The quantitative estimate of drug-likeness (QED) is 0.405. The first-order chi connectivity index (χ1) is 17.6. The zero-order valence-corrected chi connectivity index (χ0v) is 22.9. The molecule has 1 saturated heterocycles. The fourth-order valence-corrected chi connectivity index (χ4v) is 6.70. The smallest absolute Gasteiger partial charge is 0.328 e. The second-order valence-electron chi connectivity index (χ2n) is 8.95. The zero-order chi connectivity index (χ0) is 26.6. The molecule has 1 aromatic heterocycles. The normalized spacial score (nSPS) is 15.8. The van der Waals surface area contributed by atoms with E-state index in [0.29, 0.717) is 31.0 Å². The molecule has 0 saturated carbocycles. The molecule has 1 atom stereocenters. The van der Waals surface area contributed by atoms with Crippen molar-refractivity contribution in [3.05, 3.63) is 80.8 Å². The minimum atomic E-state index is -3.64. The third-order valence-electron chi connectivity index (χ3n) is 6.26. The molecule has 1 aliphatic heterocycles. The summed E-state index contributed by atoms with van der Waals surface area (Å²) in [6.45, 7) is 4.22. The number of thiazole rings is 1. The highest BCUT2D eigenvalue weighted by atomic mass is 35.5. The van der Waals surface area contributed by atoms with Crippen molar-refractivity contribution in [1.82, 2.24) is 14.6 Å². The summed E-state index contributed by atoms with van der Waals surface area (Å²) < 4.78 is 32.8. The molecular formula is C26H28ClN3O5S2. The minimum absolute atomic E-state index is 0.0490. The predicted octanol–water partition coefficient (Wildman–Crippen LogP) is 4.53. The summed E-state index contributed by atoms with van der Waals surface area (Å²) in [5, 5.41) is 5.49. The lowest BCUT2D eigenvalue weighted by molar-refractivity contribution is -0.146. The van der Waals surface area contributed by atoms with Gasteiger partial charge in [0.05, 0.1) is 9.90 Å². The molecule has 1 amide bonds. The number of carbonyl (C=O) groups is 2. The Balaban J connectivity index is 1.30. The van der Waals surface area contributed by atoms with Crippen molar-refractivity contribution >= 4 is 44.8 Å². The van der Waals surface area contributed by atoms with Gasteiger partial charge < -0.3 is 10.1 Å². The number of benzene rings is 2. The topological polar surface area (TPSA) is 106 Å². The summed E-state index contributed by atoms with van der Waals surface area (Å²) in [7, 11) is -3.64. The number of hydrogen-bond acceptors (Lipinski definition) is 7. The first-order valence-electron chi connectivity index (χ1n) is 11.9. The monoisotopic (exact) mass is 561 g/mol. The number of esters is 1. The Labute approximate surface area is 225 Å². The molecule has 2 heterocycles. The standard InChI is InChI=1S/C26H28ClN3O5S2/c1-17-8-9-21(14-22(17)27)37(33,34)30-12-10-20(11-13-30)25-29-23(16-36-25)24(31)28-18(2)26(32)35-15-19-6-4-3-5-7-19/h3-9,14,16,18,20H,10-13,15H2,1-2H3,(H,28,31). The predicted molar refractivity (Wildman–Crippen MR) is 142 cm³/mol. The third-order valence-corrected chi connectivity index (χ3v) is 9.57. The molecule has 37 heavy (non-hydrogen) atoms. The van der Waals surface area contributed by atoms with Crippen LogP contribution in [0.4, 0.5) is 0 Å². The number of aromatic nitrogens is 1. The van der Waals surface area contributed by atoms with Crippen molar-refractivity contribution in [1.29, 1.82) is 0 Å². The Morgan fingerprint density at radius 1 is 1.19 bits per heavy atom. The highest BCUT2D eigenvalue weighted by Gasteiger charge is 2.31. The van der Waals surface area contributed by atoms with Gasteiger partial charge in [0, 0.05) is 29.4 Å². The number of carbonyl (C=O) groups excluding carboxylic acids is 2. The van der Waals surface area contributed by atoms with Crippen LogP contribution in [0, 0.1) is 6.92 Å². The summed E-state index contributed by atoms with van der Waals surface area (Å²) >= 11 is 7.49. The van der Waals surface area contributed by atoms with Gasteiger partial charge in [0.15, 0.2) is 0 Å². The van der Waals surface area contributed by atoms with Gasteiger partial charge in [-0.05, 0) is 49.9 Å². The molecule has 1 aliphatic rings. The van der Waals surface area contributed by atoms with E-state index in [0.717, 1.165) is 16.1 Å². The number of nitrogens with one attached hydrogen (secondary N) is 1. The fourth-order valence-electron chi connectivity index (χ4n) is 3.99. The van der Waals surface area contributed by atoms with Crippen LogP contribution in [0.5, 0.6) is 0 Å². The van der Waals surface area contributed by atoms with Crippen LogP contribution in [0.3, 0.4) is 0 Å². The molecular weight excluding hydrogens is 534 g/mol. The average Bonchev–Trinajstić information content (AvgIpc) is 3.40. The average molecular weight is 562 g/mol. The first kappa shape index (κ1) is 27.3. The van der Waals surface area contributed by atoms with Gasteiger partial charge in [0.1, 0.15) is 18.3 Å². The van der Waals surface area contributed by atoms with Gasteiger partial charge in [-0.25, -0.2) is 18.2 Å². The lowest BCUT2D eigenvalue weighted by Gasteiger charge is -2.30. The van der Waals surface area contributed by atoms with E-state index in [1.165, 1.54) is 21.7 Å². The SMILES string of the molecule is Cc1ccc(S(=O)(=O)N2CCC(c3nc(C(=O)NC(C)C(=O)OCc4ccccc4)cs3)CC2)cc1Cl. The summed E-state index contributed by atoms with van der Waals surface area (Å²) in [5.74, 6) is -0.938. The number of hydrogen-bond donors (Lipinski definition) is 1. The summed E-state index contributed by atoms with van der Waals surface area (Å²) in [6.07, 6.45) is 1.19. The van der Waals surface area contributed by atoms with Gasteiger partial charge >= 0.3 is 5.97 Å². The molecule has 2 aromatic carbocycles. The van der Waals surface area contributed by atoms with E-state index in [9.17, 15) is 18.0 Å². The zero-order valence-electron chi connectivity index (χ0n) is 20.5. The second-order valence-corrected chi connectivity index (χ2v) is 12.2. The van der Waals surface area contributed by atoms with Crippen LogP contribution < -0.4 is 5.32 Å². The first-order valence-corrected chi connectivity index (χ1v) is 14.6. The molecule has 1 N–H and O–H groups in total. The number of nitrogens with zero attached hydrogens (tertiary/aromatic N) is 2. The van der Waals surface area contributed by atoms with E-state index in [1.54, 1.807) is 24.4 Å². The molecule has 11 heteroatoms. The molecule has 1 fully saturated rings. The van der Waals surface area contributed by atoms with Gasteiger partial charge in [-0.3, -0.25) is 4.79 Å². The van der Waals surface area contributed by atoms with Gasteiger partial charge in [0.2, 0.25) is 10.0 Å². The van der Waals surface area contributed by atoms with E-state index in [4.69, 9.17) is 16.3 Å². The van der Waals surface area contributed by atoms with E-state index in [-0.39, 0.29) is 23.1 Å². The maximum atomic E-state index is 13.0. The second kappa shape index (κ2) is 11.7. The molecule has 3 aromatic rings. The number of aryl methyl sites for hydroxylation is 1. The summed E-state index contributed by atoms with van der Waals surface area (Å²) in [4.78, 5) is 29.6. The molecule has 0 aliphatic carbocycles. The van der Waals surface area contributed by atoms with Crippen LogP contribution in [-0.4, -0.2) is 48.7 Å². The van der Waals surface area contributed by atoms with Gasteiger partial charge in [-0.2, -0.15) is 4.31 Å². The van der Waals surface area contributed by atoms with E-state index in [2.05, 4.69) is 10.3 Å². The van der Waals surface area contributed by atoms with E-state index in [1.807, 2.05) is 37.3 Å². The number of ether oxygens (including phenoxy) is 1. The van der Waals surface area contributed by atoms with Crippen molar-refractivity contribution in [2.24, 2.45) is 0 Å². The van der Waals surface area contributed by atoms with Crippen LogP contribution in [0.15, 0.2) is 58.8 Å². The Morgan fingerprint density at radius 2 is 1.89 bits per heavy atom. The van der Waals surface area contributed by atoms with Crippen molar-refractivity contribution in [3.8, 4) is 0 Å². The van der Waals surface area contributed by atoms with Crippen molar-refractivity contribution in [3.63, 3.8) is 0 Å². The number of rotatable bonds is 8.